The predicted molar refractivity (Wildman–Crippen MR) is 76.4 cm³/mol. The summed E-state index contributed by atoms with van der Waals surface area (Å²) >= 11 is 1.65. The van der Waals surface area contributed by atoms with Gasteiger partial charge in [0.05, 0.1) is 18.4 Å². The lowest BCUT2D eigenvalue weighted by molar-refractivity contribution is 0.588. The molecule has 3 rings (SSSR count). The van der Waals surface area contributed by atoms with Crippen molar-refractivity contribution in [1.29, 1.82) is 0 Å². The number of rotatable bonds is 5. The Balaban J connectivity index is 1.68. The van der Waals surface area contributed by atoms with Gasteiger partial charge in [-0.3, -0.25) is 9.08 Å². The fraction of sp³-hybridized carbons (Fsp3) is 0.385. The summed E-state index contributed by atoms with van der Waals surface area (Å²) in [6.45, 7) is 5.86. The van der Waals surface area contributed by atoms with Gasteiger partial charge < -0.3 is 5.32 Å². The van der Waals surface area contributed by atoms with E-state index in [1.807, 2.05) is 26.9 Å². The van der Waals surface area contributed by atoms with Crippen LogP contribution in [-0.2, 0) is 13.1 Å². The Morgan fingerprint density at radius 3 is 3.05 bits per heavy atom. The molecular formula is C13H17N5S. The maximum atomic E-state index is 4.56. The Hall–Kier alpha value is -1.66. The molecule has 0 aliphatic heterocycles. The van der Waals surface area contributed by atoms with Crippen molar-refractivity contribution in [2.75, 3.05) is 0 Å². The zero-order valence-corrected chi connectivity index (χ0v) is 11.9. The van der Waals surface area contributed by atoms with E-state index < -0.39 is 0 Å². The van der Waals surface area contributed by atoms with Crippen LogP contribution in [-0.4, -0.2) is 25.2 Å². The first-order chi connectivity index (χ1) is 9.20. The molecule has 0 fully saturated rings. The van der Waals surface area contributed by atoms with Crippen LogP contribution >= 0.6 is 11.3 Å². The van der Waals surface area contributed by atoms with Crippen LogP contribution in [0, 0.1) is 0 Å². The first-order valence-corrected chi connectivity index (χ1v) is 7.24. The Kier molecular flexibility index (Phi) is 3.35. The standard InChI is InChI=1S/C13H17N5S/c1-10(2)14-5-11-6-15-18(7-11)9-12-8-17-3-4-19-13(17)16-12/h3-4,6-8,10,14H,5,9H2,1-2H3. The molecule has 0 amide bonds. The number of aromatic nitrogens is 4. The number of hydrogen-bond donors (Lipinski definition) is 1. The number of imidazole rings is 1. The molecule has 0 saturated carbocycles. The highest BCUT2D eigenvalue weighted by molar-refractivity contribution is 7.15. The molecule has 3 aromatic rings. The average molecular weight is 275 g/mol. The number of fused-ring (bicyclic) bond motifs is 1. The van der Waals surface area contributed by atoms with Gasteiger partial charge in [-0.2, -0.15) is 5.10 Å². The van der Waals surface area contributed by atoms with Crippen LogP contribution in [0.3, 0.4) is 0 Å². The first-order valence-electron chi connectivity index (χ1n) is 6.36. The molecule has 0 spiro atoms. The minimum atomic E-state index is 0.489. The van der Waals surface area contributed by atoms with Gasteiger partial charge in [0.25, 0.3) is 0 Å². The molecule has 0 unspecified atom stereocenters. The highest BCUT2D eigenvalue weighted by Crippen LogP contribution is 2.12. The normalized spacial score (nSPS) is 11.7. The Bertz CT molecular complexity index is 635. The van der Waals surface area contributed by atoms with E-state index in [-0.39, 0.29) is 0 Å². The summed E-state index contributed by atoms with van der Waals surface area (Å²) in [4.78, 5) is 5.59. The molecule has 0 aliphatic carbocycles. The van der Waals surface area contributed by atoms with Gasteiger partial charge >= 0.3 is 0 Å². The Morgan fingerprint density at radius 1 is 1.37 bits per heavy atom. The van der Waals surface area contributed by atoms with Crippen LogP contribution < -0.4 is 5.32 Å². The van der Waals surface area contributed by atoms with Crippen molar-refractivity contribution < 1.29 is 0 Å². The lowest BCUT2D eigenvalue weighted by atomic mass is 10.3. The fourth-order valence-corrected chi connectivity index (χ4v) is 2.64. The van der Waals surface area contributed by atoms with Gasteiger partial charge in [0.2, 0.25) is 0 Å². The van der Waals surface area contributed by atoms with Gasteiger partial charge in [0.1, 0.15) is 0 Å². The lowest BCUT2D eigenvalue weighted by Crippen LogP contribution is -2.21. The molecular weight excluding hydrogens is 258 g/mol. The zero-order chi connectivity index (χ0) is 13.2. The van der Waals surface area contributed by atoms with Crippen LogP contribution in [0.1, 0.15) is 25.1 Å². The van der Waals surface area contributed by atoms with E-state index in [2.05, 4.69) is 41.6 Å². The molecule has 100 valence electrons. The topological polar surface area (TPSA) is 47.2 Å². The molecule has 0 aromatic carbocycles. The van der Waals surface area contributed by atoms with Crippen molar-refractivity contribution in [3.8, 4) is 0 Å². The third kappa shape index (κ3) is 2.85. The molecule has 5 nitrogen and oxygen atoms in total. The molecule has 0 saturated heterocycles. The van der Waals surface area contributed by atoms with Crippen molar-refractivity contribution in [3.05, 3.63) is 41.4 Å². The van der Waals surface area contributed by atoms with Crippen molar-refractivity contribution >= 4 is 16.3 Å². The van der Waals surface area contributed by atoms with Crippen molar-refractivity contribution in [2.24, 2.45) is 0 Å². The molecule has 3 heterocycles. The highest BCUT2D eigenvalue weighted by Gasteiger charge is 2.05. The van der Waals surface area contributed by atoms with E-state index in [1.165, 1.54) is 5.56 Å². The van der Waals surface area contributed by atoms with E-state index in [4.69, 9.17) is 0 Å². The van der Waals surface area contributed by atoms with Crippen LogP contribution in [0.25, 0.3) is 4.96 Å². The van der Waals surface area contributed by atoms with Crippen LogP contribution in [0.15, 0.2) is 30.2 Å². The molecule has 19 heavy (non-hydrogen) atoms. The molecule has 6 heteroatoms. The van der Waals surface area contributed by atoms with Crippen molar-refractivity contribution in [1.82, 2.24) is 24.5 Å². The second-order valence-corrected chi connectivity index (χ2v) is 5.78. The first kappa shape index (κ1) is 12.4. The van der Waals surface area contributed by atoms with Gasteiger partial charge in [0, 0.05) is 42.1 Å². The fourth-order valence-electron chi connectivity index (χ4n) is 1.92. The summed E-state index contributed by atoms with van der Waals surface area (Å²) in [6, 6.07) is 0.489. The van der Waals surface area contributed by atoms with Crippen LogP contribution in [0.2, 0.25) is 0 Å². The molecule has 0 aliphatic rings. The largest absolute Gasteiger partial charge is 0.310 e. The summed E-state index contributed by atoms with van der Waals surface area (Å²) in [5, 5.41) is 9.80. The van der Waals surface area contributed by atoms with Crippen LogP contribution in [0.5, 0.6) is 0 Å². The molecule has 0 radical (unpaired) electrons. The van der Waals surface area contributed by atoms with E-state index in [9.17, 15) is 0 Å². The second kappa shape index (κ2) is 5.14. The summed E-state index contributed by atoms with van der Waals surface area (Å²) in [7, 11) is 0. The quantitative estimate of drug-likeness (QED) is 0.776. The van der Waals surface area contributed by atoms with Gasteiger partial charge in [-0.05, 0) is 0 Å². The monoisotopic (exact) mass is 275 g/mol. The SMILES string of the molecule is CC(C)NCc1cnn(Cc2cn3ccsc3n2)c1. The minimum Gasteiger partial charge on any atom is -0.310 e. The van der Waals surface area contributed by atoms with E-state index >= 15 is 0 Å². The maximum absolute atomic E-state index is 4.56. The third-order valence-corrected chi connectivity index (χ3v) is 3.64. The summed E-state index contributed by atoms with van der Waals surface area (Å²) in [5.41, 5.74) is 2.24. The molecule has 0 bridgehead atoms. The van der Waals surface area contributed by atoms with Gasteiger partial charge in [-0.15, -0.1) is 11.3 Å². The average Bonchev–Trinajstić information content (AvgIpc) is 3.02. The molecule has 0 atom stereocenters. The molecule has 3 aromatic heterocycles. The number of nitrogens with one attached hydrogen (secondary N) is 1. The Labute approximate surface area is 115 Å². The van der Waals surface area contributed by atoms with Gasteiger partial charge in [-0.1, -0.05) is 13.8 Å². The Morgan fingerprint density at radius 2 is 2.26 bits per heavy atom. The number of nitrogens with zero attached hydrogens (tertiary/aromatic N) is 4. The zero-order valence-electron chi connectivity index (χ0n) is 11.1. The summed E-state index contributed by atoms with van der Waals surface area (Å²) in [6.07, 6.45) is 8.06. The van der Waals surface area contributed by atoms with Gasteiger partial charge in [-0.25, -0.2) is 4.98 Å². The number of hydrogen-bond acceptors (Lipinski definition) is 4. The van der Waals surface area contributed by atoms with Gasteiger partial charge in [0.15, 0.2) is 4.96 Å². The molecule has 1 N–H and O–H groups in total. The third-order valence-electron chi connectivity index (χ3n) is 2.87. The smallest absolute Gasteiger partial charge is 0.193 e. The maximum Gasteiger partial charge on any atom is 0.193 e. The van der Waals surface area contributed by atoms with Crippen molar-refractivity contribution in [2.45, 2.75) is 33.0 Å². The van der Waals surface area contributed by atoms with E-state index in [0.29, 0.717) is 6.04 Å². The summed E-state index contributed by atoms with van der Waals surface area (Å²) in [5.74, 6) is 0. The predicted octanol–water partition coefficient (Wildman–Crippen LogP) is 2.14. The minimum absolute atomic E-state index is 0.489. The van der Waals surface area contributed by atoms with E-state index in [0.717, 1.165) is 23.7 Å². The lowest BCUT2D eigenvalue weighted by Gasteiger charge is -2.05. The second-order valence-electron chi connectivity index (χ2n) is 4.91. The van der Waals surface area contributed by atoms with Crippen LogP contribution in [0.4, 0.5) is 0 Å². The van der Waals surface area contributed by atoms with Crippen molar-refractivity contribution in [3.63, 3.8) is 0 Å². The highest BCUT2D eigenvalue weighted by atomic mass is 32.1. The number of thiazole rings is 1. The summed E-state index contributed by atoms with van der Waals surface area (Å²) < 4.78 is 3.98. The van der Waals surface area contributed by atoms with E-state index in [1.54, 1.807) is 11.3 Å².